The van der Waals surface area contributed by atoms with E-state index in [1.807, 2.05) is 6.07 Å². The molecule has 2 atom stereocenters. The number of hydrogen-bond acceptors (Lipinski definition) is 1. The molecule has 1 heteroatoms. The van der Waals surface area contributed by atoms with E-state index in [1.54, 1.807) is 0 Å². The van der Waals surface area contributed by atoms with Crippen LogP contribution in [0.5, 0.6) is 0 Å². The Morgan fingerprint density at radius 3 is 2.75 bits per heavy atom. The Labute approximate surface area is 98.5 Å². The maximum absolute atomic E-state index is 10.3. The molecule has 0 saturated heterocycles. The van der Waals surface area contributed by atoms with Crippen LogP contribution in [0.4, 0.5) is 0 Å². The van der Waals surface area contributed by atoms with Crippen molar-refractivity contribution in [2.45, 2.75) is 51.0 Å². The number of rotatable bonds is 6. The van der Waals surface area contributed by atoms with Crippen molar-refractivity contribution in [2.24, 2.45) is 5.92 Å². The molecule has 0 amide bonds. The number of hydrogen-bond donors (Lipinski definition) is 1. The minimum atomic E-state index is -0.328. The second kappa shape index (κ2) is 5.01. The van der Waals surface area contributed by atoms with Gasteiger partial charge in [-0.25, -0.2) is 0 Å². The summed E-state index contributed by atoms with van der Waals surface area (Å²) in [5.41, 5.74) is 1.02. The zero-order valence-corrected chi connectivity index (χ0v) is 10.2. The summed E-state index contributed by atoms with van der Waals surface area (Å²) in [6.07, 6.45) is 6.69. The SMILES string of the molecule is CCCCC1CC1(O)CCc1ccccc1. The molecule has 1 fully saturated rings. The fourth-order valence-electron chi connectivity index (χ4n) is 2.50. The summed E-state index contributed by atoms with van der Waals surface area (Å²) in [6.45, 7) is 2.21. The average molecular weight is 218 g/mol. The van der Waals surface area contributed by atoms with Crippen molar-refractivity contribution in [3.63, 3.8) is 0 Å². The normalized spacial score (nSPS) is 28.0. The third-order valence-corrected chi connectivity index (χ3v) is 3.80. The van der Waals surface area contributed by atoms with Gasteiger partial charge in [-0.3, -0.25) is 0 Å². The summed E-state index contributed by atoms with van der Waals surface area (Å²) in [5, 5.41) is 10.3. The molecule has 0 aliphatic heterocycles. The summed E-state index contributed by atoms with van der Waals surface area (Å²) in [4.78, 5) is 0. The van der Waals surface area contributed by atoms with Crippen LogP contribution in [0.15, 0.2) is 30.3 Å². The zero-order valence-electron chi connectivity index (χ0n) is 10.2. The average Bonchev–Trinajstić information content (AvgIpc) is 2.97. The molecular weight excluding hydrogens is 196 g/mol. The first kappa shape index (κ1) is 11.7. The molecule has 1 nitrogen and oxygen atoms in total. The van der Waals surface area contributed by atoms with Crippen LogP contribution in [0.1, 0.15) is 44.6 Å². The van der Waals surface area contributed by atoms with Gasteiger partial charge in [-0.1, -0.05) is 50.1 Å². The molecule has 1 aromatic rings. The van der Waals surface area contributed by atoms with Gasteiger partial charge in [0.05, 0.1) is 5.60 Å². The van der Waals surface area contributed by atoms with Gasteiger partial charge < -0.3 is 5.11 Å². The minimum Gasteiger partial charge on any atom is -0.390 e. The van der Waals surface area contributed by atoms with E-state index >= 15 is 0 Å². The molecule has 0 heterocycles. The summed E-state index contributed by atoms with van der Waals surface area (Å²) in [5.74, 6) is 0.580. The first-order chi connectivity index (χ1) is 7.74. The molecule has 16 heavy (non-hydrogen) atoms. The Hall–Kier alpha value is -0.820. The quantitative estimate of drug-likeness (QED) is 0.774. The van der Waals surface area contributed by atoms with Gasteiger partial charge in [0.1, 0.15) is 0 Å². The highest BCUT2D eigenvalue weighted by molar-refractivity contribution is 5.16. The summed E-state index contributed by atoms with van der Waals surface area (Å²) in [7, 11) is 0. The van der Waals surface area contributed by atoms with Crippen molar-refractivity contribution in [1.29, 1.82) is 0 Å². The highest BCUT2D eigenvalue weighted by atomic mass is 16.3. The van der Waals surface area contributed by atoms with E-state index < -0.39 is 0 Å². The highest BCUT2D eigenvalue weighted by Gasteiger charge is 2.51. The third kappa shape index (κ3) is 2.85. The molecule has 1 aliphatic rings. The fourth-order valence-corrected chi connectivity index (χ4v) is 2.50. The first-order valence-corrected chi connectivity index (χ1v) is 6.51. The standard InChI is InChI=1S/C15H22O/c1-2-3-9-14-12-15(14,16)11-10-13-7-5-4-6-8-13/h4-8,14,16H,2-3,9-12H2,1H3. The number of benzene rings is 1. The summed E-state index contributed by atoms with van der Waals surface area (Å²) >= 11 is 0. The Bertz CT molecular complexity index is 319. The number of aliphatic hydroxyl groups is 1. The topological polar surface area (TPSA) is 20.2 Å². The van der Waals surface area contributed by atoms with Crippen LogP contribution in [0.3, 0.4) is 0 Å². The molecule has 0 aromatic heterocycles. The lowest BCUT2D eigenvalue weighted by atomic mass is 10.0. The molecule has 2 unspecified atom stereocenters. The fraction of sp³-hybridized carbons (Fsp3) is 0.600. The molecule has 1 aromatic carbocycles. The maximum atomic E-state index is 10.3. The molecule has 2 rings (SSSR count). The van der Waals surface area contributed by atoms with E-state index in [0.29, 0.717) is 5.92 Å². The minimum absolute atomic E-state index is 0.328. The highest BCUT2D eigenvalue weighted by Crippen LogP contribution is 2.49. The second-order valence-corrected chi connectivity index (χ2v) is 5.13. The van der Waals surface area contributed by atoms with Crippen LogP contribution in [0.25, 0.3) is 0 Å². The van der Waals surface area contributed by atoms with Gasteiger partial charge in [-0.05, 0) is 37.2 Å². The third-order valence-electron chi connectivity index (χ3n) is 3.80. The Balaban J connectivity index is 1.75. The van der Waals surface area contributed by atoms with Crippen molar-refractivity contribution in [3.05, 3.63) is 35.9 Å². The van der Waals surface area contributed by atoms with Gasteiger partial charge in [0.15, 0.2) is 0 Å². The van der Waals surface area contributed by atoms with Crippen molar-refractivity contribution in [1.82, 2.24) is 0 Å². The van der Waals surface area contributed by atoms with E-state index in [-0.39, 0.29) is 5.60 Å². The monoisotopic (exact) mass is 218 g/mol. The molecule has 0 spiro atoms. The largest absolute Gasteiger partial charge is 0.390 e. The van der Waals surface area contributed by atoms with Gasteiger partial charge in [0.2, 0.25) is 0 Å². The molecular formula is C15H22O. The van der Waals surface area contributed by atoms with E-state index in [0.717, 1.165) is 19.3 Å². The Kier molecular flexibility index (Phi) is 3.65. The van der Waals surface area contributed by atoms with E-state index in [4.69, 9.17) is 0 Å². The first-order valence-electron chi connectivity index (χ1n) is 6.51. The Morgan fingerprint density at radius 2 is 2.06 bits per heavy atom. The maximum Gasteiger partial charge on any atom is 0.0683 e. The zero-order chi connectivity index (χ0) is 11.4. The lowest BCUT2D eigenvalue weighted by molar-refractivity contribution is 0.119. The predicted molar refractivity (Wildman–Crippen MR) is 67.3 cm³/mol. The van der Waals surface area contributed by atoms with E-state index in [2.05, 4.69) is 31.2 Å². The van der Waals surface area contributed by atoms with Crippen molar-refractivity contribution < 1.29 is 5.11 Å². The number of unbranched alkanes of at least 4 members (excludes halogenated alkanes) is 1. The lowest BCUT2D eigenvalue weighted by Crippen LogP contribution is -2.12. The molecule has 1 saturated carbocycles. The second-order valence-electron chi connectivity index (χ2n) is 5.13. The van der Waals surface area contributed by atoms with Crippen LogP contribution >= 0.6 is 0 Å². The molecule has 1 aliphatic carbocycles. The van der Waals surface area contributed by atoms with Gasteiger partial charge >= 0.3 is 0 Å². The molecule has 0 bridgehead atoms. The predicted octanol–water partition coefficient (Wildman–Crippen LogP) is 3.56. The van der Waals surface area contributed by atoms with Gasteiger partial charge in [0, 0.05) is 0 Å². The number of aryl methyl sites for hydroxylation is 1. The smallest absolute Gasteiger partial charge is 0.0683 e. The van der Waals surface area contributed by atoms with Crippen LogP contribution in [-0.2, 0) is 6.42 Å². The van der Waals surface area contributed by atoms with Crippen molar-refractivity contribution >= 4 is 0 Å². The van der Waals surface area contributed by atoms with Gasteiger partial charge in [-0.15, -0.1) is 0 Å². The van der Waals surface area contributed by atoms with Crippen LogP contribution in [0.2, 0.25) is 0 Å². The summed E-state index contributed by atoms with van der Waals surface area (Å²) in [6, 6.07) is 10.5. The molecule has 0 radical (unpaired) electrons. The molecule has 88 valence electrons. The van der Waals surface area contributed by atoms with Crippen LogP contribution < -0.4 is 0 Å². The van der Waals surface area contributed by atoms with Crippen LogP contribution in [0, 0.1) is 5.92 Å². The van der Waals surface area contributed by atoms with Crippen molar-refractivity contribution in [3.8, 4) is 0 Å². The summed E-state index contributed by atoms with van der Waals surface area (Å²) < 4.78 is 0. The van der Waals surface area contributed by atoms with E-state index in [9.17, 15) is 5.11 Å². The molecule has 1 N–H and O–H groups in total. The van der Waals surface area contributed by atoms with Gasteiger partial charge in [0.25, 0.3) is 0 Å². The lowest BCUT2D eigenvalue weighted by Gasteiger charge is -2.10. The Morgan fingerprint density at radius 1 is 1.31 bits per heavy atom. The van der Waals surface area contributed by atoms with E-state index in [1.165, 1.54) is 24.8 Å². The van der Waals surface area contributed by atoms with Crippen molar-refractivity contribution in [2.75, 3.05) is 0 Å². The van der Waals surface area contributed by atoms with Gasteiger partial charge in [-0.2, -0.15) is 0 Å². The van der Waals surface area contributed by atoms with Crippen LogP contribution in [-0.4, -0.2) is 10.7 Å².